The van der Waals surface area contributed by atoms with Gasteiger partial charge in [-0.3, -0.25) is 9.58 Å². The van der Waals surface area contributed by atoms with Gasteiger partial charge in [0, 0.05) is 61.6 Å². The number of fused-ring (bicyclic) bond motifs is 1. The Kier molecular flexibility index (Phi) is 5.32. The summed E-state index contributed by atoms with van der Waals surface area (Å²) in [5.74, 6) is 0.867. The first-order valence-electron chi connectivity index (χ1n) is 12.3. The molecule has 2 unspecified atom stereocenters. The Bertz CT molecular complexity index is 1090. The fourth-order valence-electron chi connectivity index (χ4n) is 6.43. The summed E-state index contributed by atoms with van der Waals surface area (Å²) in [6.45, 7) is 8.82. The van der Waals surface area contributed by atoms with Crippen molar-refractivity contribution in [3.8, 4) is 17.0 Å². The van der Waals surface area contributed by atoms with Crippen molar-refractivity contribution in [2.75, 3.05) is 38.5 Å². The largest absolute Gasteiger partial charge is 0.573 e. The summed E-state index contributed by atoms with van der Waals surface area (Å²) >= 11 is 0. The van der Waals surface area contributed by atoms with E-state index in [-0.39, 0.29) is 17.5 Å². The third kappa shape index (κ3) is 4.17. The highest BCUT2D eigenvalue weighted by atomic mass is 19.4. The smallest absolute Gasteiger partial charge is 0.402 e. The summed E-state index contributed by atoms with van der Waals surface area (Å²) < 4.78 is 50.4. The van der Waals surface area contributed by atoms with Crippen LogP contribution in [-0.2, 0) is 4.74 Å². The maximum Gasteiger partial charge on any atom is 0.573 e. The molecule has 6 rings (SSSR count). The molecule has 2 aliphatic heterocycles. The molecule has 0 aromatic carbocycles. The number of nitrogen functional groups attached to an aromatic ring is 1. The van der Waals surface area contributed by atoms with Crippen molar-refractivity contribution < 1.29 is 22.6 Å². The van der Waals surface area contributed by atoms with Crippen LogP contribution in [0.3, 0.4) is 0 Å². The molecule has 11 heteroatoms. The maximum absolute atomic E-state index is 12.8. The fraction of sp³-hybridized carbons (Fsp3) is 0.667. The van der Waals surface area contributed by atoms with E-state index in [4.69, 9.17) is 15.6 Å². The van der Waals surface area contributed by atoms with Gasteiger partial charge in [0.25, 0.3) is 0 Å². The van der Waals surface area contributed by atoms with E-state index in [0.29, 0.717) is 35.1 Å². The summed E-state index contributed by atoms with van der Waals surface area (Å²) in [7, 11) is 0. The number of nitrogens with zero attached hydrogens (tertiary/aromatic N) is 4. The number of anilines is 1. The molecule has 2 aliphatic carbocycles. The topological polar surface area (TPSA) is 90.5 Å². The minimum atomic E-state index is -4.84. The molecule has 4 aliphatic rings. The minimum absolute atomic E-state index is 0.0113. The SMILES string of the molecule is CC(C)n1nc(-c2cnc(N)c(OC(F)(F)F)c2)cc1C1[C@H]2CC(N3CC4(CNCCO4)C3)C[C@@H]12. The highest BCUT2D eigenvalue weighted by Crippen LogP contribution is 2.64. The van der Waals surface area contributed by atoms with Gasteiger partial charge in [-0.05, 0) is 50.7 Å². The number of ether oxygens (including phenoxy) is 2. The number of nitrogens with one attached hydrogen (secondary N) is 1. The molecule has 35 heavy (non-hydrogen) atoms. The Morgan fingerprint density at radius 1 is 1.23 bits per heavy atom. The monoisotopic (exact) mass is 492 g/mol. The van der Waals surface area contributed by atoms with Crippen LogP contribution in [0.5, 0.6) is 5.75 Å². The lowest BCUT2D eigenvalue weighted by molar-refractivity contribution is -0.274. The fourth-order valence-corrected chi connectivity index (χ4v) is 6.43. The third-order valence-corrected chi connectivity index (χ3v) is 8.05. The molecular weight excluding hydrogens is 461 g/mol. The molecule has 4 fully saturated rings. The zero-order chi connectivity index (χ0) is 24.5. The maximum atomic E-state index is 12.8. The summed E-state index contributed by atoms with van der Waals surface area (Å²) in [6, 6.07) is 4.01. The molecular formula is C24H31F3N6O2. The van der Waals surface area contributed by atoms with Gasteiger partial charge in [0.15, 0.2) is 11.6 Å². The third-order valence-electron chi connectivity index (χ3n) is 8.05. The van der Waals surface area contributed by atoms with Gasteiger partial charge >= 0.3 is 6.36 Å². The molecule has 2 aromatic rings. The number of likely N-dealkylation sites (tertiary alicyclic amines) is 1. The zero-order valence-corrected chi connectivity index (χ0v) is 19.9. The Labute approximate surface area is 202 Å². The van der Waals surface area contributed by atoms with Crippen molar-refractivity contribution in [2.24, 2.45) is 11.8 Å². The Morgan fingerprint density at radius 3 is 2.60 bits per heavy atom. The molecule has 0 amide bonds. The van der Waals surface area contributed by atoms with Crippen LogP contribution in [0.15, 0.2) is 18.3 Å². The molecule has 0 bridgehead atoms. The van der Waals surface area contributed by atoms with Crippen LogP contribution in [0, 0.1) is 11.8 Å². The minimum Gasteiger partial charge on any atom is -0.402 e. The van der Waals surface area contributed by atoms with E-state index in [1.807, 2.05) is 10.7 Å². The average Bonchev–Trinajstić information content (AvgIpc) is 3.13. The van der Waals surface area contributed by atoms with Crippen LogP contribution < -0.4 is 15.8 Å². The molecule has 2 aromatic heterocycles. The molecule has 2 saturated carbocycles. The average molecular weight is 493 g/mol. The predicted molar refractivity (Wildman–Crippen MR) is 123 cm³/mol. The van der Waals surface area contributed by atoms with E-state index in [9.17, 15) is 13.2 Å². The number of hydrogen-bond donors (Lipinski definition) is 2. The van der Waals surface area contributed by atoms with Crippen LogP contribution >= 0.6 is 0 Å². The summed E-state index contributed by atoms with van der Waals surface area (Å²) in [4.78, 5) is 6.48. The molecule has 2 saturated heterocycles. The predicted octanol–water partition coefficient (Wildman–Crippen LogP) is 3.17. The molecule has 0 radical (unpaired) electrons. The molecule has 1 spiro atoms. The summed E-state index contributed by atoms with van der Waals surface area (Å²) in [5.41, 5.74) is 7.80. The van der Waals surface area contributed by atoms with Gasteiger partial charge in [0.05, 0.1) is 12.3 Å². The van der Waals surface area contributed by atoms with Crippen molar-refractivity contribution in [3.63, 3.8) is 0 Å². The van der Waals surface area contributed by atoms with Gasteiger partial charge in [-0.25, -0.2) is 4.98 Å². The number of morpholine rings is 1. The second-order valence-electron chi connectivity index (χ2n) is 10.7. The van der Waals surface area contributed by atoms with Crippen molar-refractivity contribution in [1.29, 1.82) is 0 Å². The van der Waals surface area contributed by atoms with Crippen molar-refractivity contribution in [1.82, 2.24) is 25.0 Å². The Balaban J connectivity index is 1.16. The van der Waals surface area contributed by atoms with E-state index in [2.05, 4.69) is 33.8 Å². The van der Waals surface area contributed by atoms with Crippen molar-refractivity contribution >= 4 is 5.82 Å². The number of pyridine rings is 1. The lowest BCUT2D eigenvalue weighted by atomic mass is 9.89. The first-order valence-corrected chi connectivity index (χ1v) is 12.3. The van der Waals surface area contributed by atoms with Gasteiger partial charge < -0.3 is 20.5 Å². The summed E-state index contributed by atoms with van der Waals surface area (Å²) in [6.07, 6.45) is -1.05. The quantitative estimate of drug-likeness (QED) is 0.663. The molecule has 3 N–H and O–H groups in total. The lowest BCUT2D eigenvalue weighted by Gasteiger charge is -2.54. The number of nitrogens with two attached hydrogens (primary N) is 1. The first-order chi connectivity index (χ1) is 16.6. The number of halogens is 3. The lowest BCUT2D eigenvalue weighted by Crippen LogP contribution is -2.71. The van der Waals surface area contributed by atoms with Gasteiger partial charge in [-0.15, -0.1) is 13.2 Å². The first kappa shape index (κ1) is 23.1. The second-order valence-corrected chi connectivity index (χ2v) is 10.7. The molecule has 8 nitrogen and oxygen atoms in total. The standard InChI is InChI=1S/C24H31F3N6O2/c1-13(2)33-19(8-18(31-33)14-5-20(22(28)30-9-14)35-24(25,26)27)21-16-6-15(7-17(16)21)32-11-23(12-32)10-29-3-4-34-23/h5,8-9,13,15-17,21,29H,3-4,6-7,10-12H2,1-2H3,(H2,28,30)/t15?,16-,17+,21?. The number of rotatable bonds is 5. The van der Waals surface area contributed by atoms with Crippen molar-refractivity contribution in [3.05, 3.63) is 24.0 Å². The van der Waals surface area contributed by atoms with Crippen LogP contribution in [0.2, 0.25) is 0 Å². The van der Waals surface area contributed by atoms with Gasteiger partial charge in [0.1, 0.15) is 5.60 Å². The molecule has 4 atom stereocenters. The van der Waals surface area contributed by atoms with Gasteiger partial charge in [0.2, 0.25) is 0 Å². The van der Waals surface area contributed by atoms with E-state index in [1.165, 1.54) is 25.1 Å². The van der Waals surface area contributed by atoms with Gasteiger partial charge in [-0.2, -0.15) is 5.10 Å². The van der Waals surface area contributed by atoms with E-state index >= 15 is 0 Å². The van der Waals surface area contributed by atoms with Crippen LogP contribution in [0.4, 0.5) is 19.0 Å². The van der Waals surface area contributed by atoms with E-state index in [0.717, 1.165) is 38.5 Å². The highest BCUT2D eigenvalue weighted by Gasteiger charge is 2.60. The number of aromatic nitrogens is 3. The number of alkyl halides is 3. The van der Waals surface area contributed by atoms with E-state index in [1.54, 1.807) is 0 Å². The Morgan fingerprint density at radius 2 is 1.97 bits per heavy atom. The summed E-state index contributed by atoms with van der Waals surface area (Å²) in [5, 5.41) is 8.19. The normalized spacial score (nSPS) is 29.9. The van der Waals surface area contributed by atoms with Crippen LogP contribution in [-0.4, -0.2) is 70.5 Å². The number of hydrogen-bond acceptors (Lipinski definition) is 7. The van der Waals surface area contributed by atoms with Crippen LogP contribution in [0.25, 0.3) is 11.3 Å². The molecule has 190 valence electrons. The van der Waals surface area contributed by atoms with Crippen molar-refractivity contribution in [2.45, 2.75) is 56.7 Å². The van der Waals surface area contributed by atoms with Gasteiger partial charge in [-0.1, -0.05) is 0 Å². The molecule has 4 heterocycles. The zero-order valence-electron chi connectivity index (χ0n) is 19.9. The van der Waals surface area contributed by atoms with Crippen LogP contribution in [0.1, 0.15) is 44.3 Å². The Hall–Kier alpha value is -2.37. The second kappa shape index (κ2) is 8.07. The highest BCUT2D eigenvalue weighted by molar-refractivity contribution is 5.64. The van der Waals surface area contributed by atoms with E-state index < -0.39 is 12.1 Å².